The molecule has 0 fully saturated rings. The van der Waals surface area contributed by atoms with Crippen molar-refractivity contribution in [2.75, 3.05) is 6.26 Å². The first kappa shape index (κ1) is 17.7. The highest BCUT2D eigenvalue weighted by Crippen LogP contribution is 2.11. The van der Waals surface area contributed by atoms with Gasteiger partial charge >= 0.3 is 5.97 Å². The fourth-order valence-electron chi connectivity index (χ4n) is 2.14. The predicted molar refractivity (Wildman–Crippen MR) is 88.6 cm³/mol. The van der Waals surface area contributed by atoms with Crippen molar-refractivity contribution in [1.29, 1.82) is 0 Å². The van der Waals surface area contributed by atoms with Gasteiger partial charge in [0.25, 0.3) is 5.91 Å². The standard InChI is InChI=1S/C17H17NO5S/c1-24(22,23)14-9-7-13(8-10-14)16(19)18-15(17(20)21)11-12-5-3-2-4-6-12/h2-10,15H,11H2,1H3,(H,18,19)(H,20,21)/t15-/m0/s1. The molecule has 0 aliphatic heterocycles. The van der Waals surface area contributed by atoms with Crippen molar-refractivity contribution < 1.29 is 23.1 Å². The third-order valence-corrected chi connectivity index (χ3v) is 4.56. The van der Waals surface area contributed by atoms with Gasteiger partial charge in [-0.15, -0.1) is 0 Å². The van der Waals surface area contributed by atoms with Gasteiger partial charge in [-0.05, 0) is 29.8 Å². The van der Waals surface area contributed by atoms with Crippen molar-refractivity contribution in [3.05, 3.63) is 65.7 Å². The number of hydrogen-bond donors (Lipinski definition) is 2. The highest BCUT2D eigenvalue weighted by molar-refractivity contribution is 7.90. The van der Waals surface area contributed by atoms with E-state index in [4.69, 9.17) is 0 Å². The van der Waals surface area contributed by atoms with Crippen LogP contribution in [0.3, 0.4) is 0 Å². The van der Waals surface area contributed by atoms with Gasteiger partial charge in [-0.2, -0.15) is 0 Å². The van der Waals surface area contributed by atoms with Crippen molar-refractivity contribution in [1.82, 2.24) is 5.32 Å². The topological polar surface area (TPSA) is 101 Å². The molecule has 2 aromatic carbocycles. The lowest BCUT2D eigenvalue weighted by Gasteiger charge is -2.15. The third kappa shape index (κ3) is 4.66. The summed E-state index contributed by atoms with van der Waals surface area (Å²) in [5.74, 6) is -1.71. The number of nitrogens with one attached hydrogen (secondary N) is 1. The molecule has 2 rings (SSSR count). The molecular weight excluding hydrogens is 330 g/mol. The summed E-state index contributed by atoms with van der Waals surface area (Å²) in [4.78, 5) is 23.6. The van der Waals surface area contributed by atoms with Crippen molar-refractivity contribution in [3.8, 4) is 0 Å². The van der Waals surface area contributed by atoms with Crippen LogP contribution in [0, 0.1) is 0 Å². The molecule has 2 N–H and O–H groups in total. The number of sulfone groups is 1. The van der Waals surface area contributed by atoms with Crippen LogP contribution in [0.15, 0.2) is 59.5 Å². The Labute approximate surface area is 140 Å². The molecule has 0 aliphatic rings. The van der Waals surface area contributed by atoms with E-state index in [0.717, 1.165) is 11.8 Å². The van der Waals surface area contributed by atoms with E-state index < -0.39 is 27.8 Å². The Bertz CT molecular complexity index is 829. The largest absolute Gasteiger partial charge is 0.480 e. The van der Waals surface area contributed by atoms with Crippen molar-refractivity contribution in [2.24, 2.45) is 0 Å². The van der Waals surface area contributed by atoms with Gasteiger partial charge in [0.1, 0.15) is 6.04 Å². The smallest absolute Gasteiger partial charge is 0.326 e. The number of aliphatic carboxylic acids is 1. The van der Waals surface area contributed by atoms with E-state index in [2.05, 4.69) is 5.32 Å². The highest BCUT2D eigenvalue weighted by Gasteiger charge is 2.21. The van der Waals surface area contributed by atoms with E-state index >= 15 is 0 Å². The fourth-order valence-corrected chi connectivity index (χ4v) is 2.78. The van der Waals surface area contributed by atoms with Gasteiger partial charge in [-0.3, -0.25) is 4.79 Å². The van der Waals surface area contributed by atoms with Gasteiger partial charge < -0.3 is 10.4 Å². The third-order valence-electron chi connectivity index (χ3n) is 3.43. The summed E-state index contributed by atoms with van der Waals surface area (Å²) in [6.45, 7) is 0. The average Bonchev–Trinajstić information content (AvgIpc) is 2.54. The lowest BCUT2D eigenvalue weighted by molar-refractivity contribution is -0.139. The van der Waals surface area contributed by atoms with Crippen molar-refractivity contribution in [3.63, 3.8) is 0 Å². The van der Waals surface area contributed by atoms with Crippen LogP contribution in [-0.2, 0) is 21.1 Å². The maximum atomic E-state index is 12.2. The highest BCUT2D eigenvalue weighted by atomic mass is 32.2. The van der Waals surface area contributed by atoms with E-state index in [9.17, 15) is 23.1 Å². The van der Waals surface area contributed by atoms with Crippen LogP contribution >= 0.6 is 0 Å². The quantitative estimate of drug-likeness (QED) is 0.825. The molecule has 0 saturated carbocycles. The maximum Gasteiger partial charge on any atom is 0.326 e. The van der Waals surface area contributed by atoms with Gasteiger partial charge in [0.2, 0.25) is 0 Å². The molecular formula is C17H17NO5S. The molecule has 24 heavy (non-hydrogen) atoms. The Morgan fingerprint density at radius 2 is 1.62 bits per heavy atom. The van der Waals surface area contributed by atoms with Gasteiger partial charge in [0.15, 0.2) is 9.84 Å². The zero-order chi connectivity index (χ0) is 17.7. The van der Waals surface area contributed by atoms with E-state index in [1.54, 1.807) is 24.3 Å². The summed E-state index contributed by atoms with van der Waals surface area (Å²) in [7, 11) is -3.35. The van der Waals surface area contributed by atoms with Gasteiger partial charge in [0.05, 0.1) is 4.90 Å². The zero-order valence-electron chi connectivity index (χ0n) is 13.0. The Morgan fingerprint density at radius 1 is 1.04 bits per heavy atom. The van der Waals surface area contributed by atoms with Crippen LogP contribution in [0.1, 0.15) is 15.9 Å². The summed E-state index contributed by atoms with van der Waals surface area (Å²) < 4.78 is 22.8. The molecule has 0 radical (unpaired) electrons. The summed E-state index contributed by atoms with van der Waals surface area (Å²) in [6, 6.07) is 13.2. The fraction of sp³-hybridized carbons (Fsp3) is 0.176. The molecule has 1 atom stereocenters. The number of carbonyl (C=O) groups is 2. The van der Waals surface area contributed by atoms with Crippen LogP contribution < -0.4 is 5.32 Å². The molecule has 126 valence electrons. The summed E-state index contributed by atoms with van der Waals surface area (Å²) in [5.41, 5.74) is 0.985. The zero-order valence-corrected chi connectivity index (χ0v) is 13.8. The summed E-state index contributed by atoms with van der Waals surface area (Å²) >= 11 is 0. The van der Waals surface area contributed by atoms with Crippen molar-refractivity contribution in [2.45, 2.75) is 17.4 Å². The second-order valence-corrected chi connectivity index (χ2v) is 7.37. The first-order valence-corrected chi connectivity index (χ1v) is 9.04. The molecule has 0 spiro atoms. The Morgan fingerprint density at radius 3 is 2.12 bits per heavy atom. The van der Waals surface area contributed by atoms with Crippen LogP contribution in [0.5, 0.6) is 0 Å². The molecule has 0 bridgehead atoms. The first-order valence-electron chi connectivity index (χ1n) is 7.15. The second kappa shape index (κ2) is 7.27. The molecule has 0 aromatic heterocycles. The molecule has 0 aliphatic carbocycles. The van der Waals surface area contributed by atoms with E-state index in [-0.39, 0.29) is 16.9 Å². The number of rotatable bonds is 6. The number of carboxylic acids is 1. The average molecular weight is 347 g/mol. The predicted octanol–water partition coefficient (Wildman–Crippen LogP) is 1.52. The number of carboxylic acid groups (broad SMARTS) is 1. The molecule has 0 unspecified atom stereocenters. The van der Waals surface area contributed by atoms with E-state index in [1.807, 2.05) is 6.07 Å². The van der Waals surface area contributed by atoms with Crippen LogP contribution in [0.4, 0.5) is 0 Å². The second-order valence-electron chi connectivity index (χ2n) is 5.35. The van der Waals surface area contributed by atoms with E-state index in [1.165, 1.54) is 24.3 Å². The Hall–Kier alpha value is -2.67. The molecule has 0 heterocycles. The lowest BCUT2D eigenvalue weighted by atomic mass is 10.1. The number of amides is 1. The summed E-state index contributed by atoms with van der Waals surface area (Å²) in [6.07, 6.45) is 1.23. The lowest BCUT2D eigenvalue weighted by Crippen LogP contribution is -2.42. The molecule has 2 aromatic rings. The number of carbonyl (C=O) groups excluding carboxylic acids is 1. The van der Waals surface area contributed by atoms with Gasteiger partial charge in [0, 0.05) is 18.2 Å². The monoisotopic (exact) mass is 347 g/mol. The molecule has 6 nitrogen and oxygen atoms in total. The number of benzene rings is 2. The minimum Gasteiger partial charge on any atom is -0.480 e. The maximum absolute atomic E-state index is 12.2. The minimum atomic E-state index is -3.35. The van der Waals surface area contributed by atoms with Crippen molar-refractivity contribution >= 4 is 21.7 Å². The molecule has 1 amide bonds. The summed E-state index contributed by atoms with van der Waals surface area (Å²) in [5, 5.41) is 11.7. The number of hydrogen-bond acceptors (Lipinski definition) is 4. The minimum absolute atomic E-state index is 0.0955. The first-order chi connectivity index (χ1) is 11.3. The van der Waals surface area contributed by atoms with Crippen LogP contribution in [0.25, 0.3) is 0 Å². The van der Waals surface area contributed by atoms with E-state index in [0.29, 0.717) is 0 Å². The normalized spacial score (nSPS) is 12.4. The van der Waals surface area contributed by atoms with Gasteiger partial charge in [-0.1, -0.05) is 30.3 Å². The van der Waals surface area contributed by atoms with Crippen LogP contribution in [0.2, 0.25) is 0 Å². The molecule has 0 saturated heterocycles. The Balaban J connectivity index is 2.12. The Kier molecular flexibility index (Phi) is 5.35. The van der Waals surface area contributed by atoms with Gasteiger partial charge in [-0.25, -0.2) is 13.2 Å². The SMILES string of the molecule is CS(=O)(=O)c1ccc(C(=O)N[C@@H](Cc2ccccc2)C(=O)O)cc1. The van der Waals surface area contributed by atoms with Crippen LogP contribution in [-0.4, -0.2) is 37.7 Å². The molecule has 7 heteroatoms.